The molecule has 1 unspecified atom stereocenters. The highest BCUT2D eigenvalue weighted by molar-refractivity contribution is 4.81. The highest BCUT2D eigenvalue weighted by Gasteiger charge is 2.10. The van der Waals surface area contributed by atoms with E-state index in [-0.39, 0.29) is 0 Å². The average Bonchev–Trinajstić information content (AvgIpc) is 2.78. The van der Waals surface area contributed by atoms with E-state index >= 15 is 0 Å². The van der Waals surface area contributed by atoms with Gasteiger partial charge in [-0.2, -0.15) is 0 Å². The second kappa shape index (κ2) is 26.9. The monoisotopic (exact) mass is 449 g/mol. The van der Waals surface area contributed by atoms with Gasteiger partial charge < -0.3 is 4.90 Å². The van der Waals surface area contributed by atoms with E-state index in [1.165, 1.54) is 154 Å². The van der Waals surface area contributed by atoms with Crippen molar-refractivity contribution >= 4 is 0 Å². The first kappa shape index (κ1) is 31.7. The van der Waals surface area contributed by atoms with Gasteiger partial charge in [-0.15, -0.1) is 0 Å². The van der Waals surface area contributed by atoms with Gasteiger partial charge in [0.1, 0.15) is 0 Å². The topological polar surface area (TPSA) is 3.24 Å². The summed E-state index contributed by atoms with van der Waals surface area (Å²) in [7, 11) is 4.56. The van der Waals surface area contributed by atoms with Crippen LogP contribution in [0.4, 0.5) is 0 Å². The molecule has 0 bridgehead atoms. The van der Waals surface area contributed by atoms with Crippen LogP contribution in [0, 0.1) is 0 Å². The lowest BCUT2D eigenvalue weighted by atomic mass is 9.99. The first-order valence-electron chi connectivity index (χ1n) is 15.0. The van der Waals surface area contributed by atoms with Crippen LogP contribution in [-0.4, -0.2) is 25.0 Å². The molecule has 0 saturated carbocycles. The molecule has 0 aromatic rings. The van der Waals surface area contributed by atoms with Crippen LogP contribution in [0.25, 0.3) is 0 Å². The zero-order valence-electron chi connectivity index (χ0n) is 23.1. The molecule has 1 nitrogen and oxygen atoms in total. The molecular weight excluding hydrogens is 386 g/mol. The third kappa shape index (κ3) is 24.3. The molecule has 0 N–H and O–H groups in total. The molecule has 0 aromatic carbocycles. The molecule has 0 aliphatic heterocycles. The van der Waals surface area contributed by atoms with Crippen molar-refractivity contribution in [3.8, 4) is 0 Å². The molecule has 0 amide bonds. The van der Waals surface area contributed by atoms with E-state index in [1.807, 2.05) is 0 Å². The average molecular weight is 450 g/mol. The Morgan fingerprint density at radius 1 is 0.438 bits per heavy atom. The van der Waals surface area contributed by atoms with Crippen molar-refractivity contribution in [2.45, 2.75) is 174 Å². The van der Waals surface area contributed by atoms with Crippen molar-refractivity contribution in [1.29, 1.82) is 0 Å². The minimum Gasteiger partial charge on any atom is -0.306 e. The van der Waals surface area contributed by atoms with E-state index < -0.39 is 0 Å². The molecule has 1 heteroatoms. The molecule has 0 aliphatic rings. The van der Waals surface area contributed by atoms with Crippen LogP contribution in [0.1, 0.15) is 168 Å². The summed E-state index contributed by atoms with van der Waals surface area (Å²) in [6.45, 7) is 4.60. The molecule has 0 aromatic heterocycles. The number of hydrogen-bond donors (Lipinski definition) is 0. The molecule has 0 heterocycles. The normalized spacial score (nSPS) is 12.9. The Morgan fingerprint density at radius 2 is 0.750 bits per heavy atom. The van der Waals surface area contributed by atoms with Crippen molar-refractivity contribution in [3.05, 3.63) is 12.2 Å². The van der Waals surface area contributed by atoms with Crippen molar-refractivity contribution in [2.75, 3.05) is 14.1 Å². The highest BCUT2D eigenvalue weighted by Crippen LogP contribution is 2.17. The smallest absolute Gasteiger partial charge is 0.00891 e. The van der Waals surface area contributed by atoms with Crippen LogP contribution in [0.2, 0.25) is 0 Å². The summed E-state index contributed by atoms with van der Waals surface area (Å²) in [4.78, 5) is 2.48. The van der Waals surface area contributed by atoms with Gasteiger partial charge in [0.25, 0.3) is 0 Å². The van der Waals surface area contributed by atoms with Crippen LogP contribution in [0.5, 0.6) is 0 Å². The Balaban J connectivity index is 3.42. The molecule has 0 rings (SSSR count). The maximum atomic E-state index is 2.48. The van der Waals surface area contributed by atoms with E-state index in [4.69, 9.17) is 0 Å². The summed E-state index contributed by atoms with van der Waals surface area (Å²) >= 11 is 0. The quantitative estimate of drug-likeness (QED) is 0.0937. The van der Waals surface area contributed by atoms with Crippen molar-refractivity contribution in [1.82, 2.24) is 4.90 Å². The predicted molar refractivity (Wildman–Crippen MR) is 149 cm³/mol. The second-order valence-corrected chi connectivity index (χ2v) is 10.6. The van der Waals surface area contributed by atoms with Gasteiger partial charge in [0, 0.05) is 6.04 Å². The molecular formula is C31H63N. The van der Waals surface area contributed by atoms with Gasteiger partial charge in [-0.1, -0.05) is 142 Å². The Bertz CT molecular complexity index is 359. The van der Waals surface area contributed by atoms with Gasteiger partial charge >= 0.3 is 0 Å². The van der Waals surface area contributed by atoms with Gasteiger partial charge in [-0.3, -0.25) is 0 Å². The van der Waals surface area contributed by atoms with E-state index in [9.17, 15) is 0 Å². The number of rotatable bonds is 26. The minimum atomic E-state index is 0.807. The Labute approximate surface area is 205 Å². The summed E-state index contributed by atoms with van der Waals surface area (Å²) in [5.41, 5.74) is 0. The first-order chi connectivity index (χ1) is 15.7. The zero-order valence-corrected chi connectivity index (χ0v) is 23.1. The van der Waals surface area contributed by atoms with Crippen molar-refractivity contribution < 1.29 is 0 Å². The number of hydrogen-bond acceptors (Lipinski definition) is 1. The van der Waals surface area contributed by atoms with Crippen LogP contribution < -0.4 is 0 Å². The van der Waals surface area contributed by atoms with Gasteiger partial charge in [0.05, 0.1) is 0 Å². The molecule has 192 valence electrons. The van der Waals surface area contributed by atoms with E-state index in [2.05, 4.69) is 45.0 Å². The maximum absolute atomic E-state index is 2.48. The molecule has 0 aliphatic carbocycles. The lowest BCUT2D eigenvalue weighted by molar-refractivity contribution is 0.251. The lowest BCUT2D eigenvalue weighted by Crippen LogP contribution is -2.27. The standard InChI is InChI=1S/C31H63N/c1-5-7-9-11-13-14-15-16-17-18-19-20-21-22-24-26-28-30-31(32(3)4)29-27-25-23-12-10-8-6-2/h19-20,31H,5-18,21-30H2,1-4H3/b20-19+. The van der Waals surface area contributed by atoms with Gasteiger partial charge in [-0.05, 0) is 52.6 Å². The summed E-state index contributed by atoms with van der Waals surface area (Å²) in [6, 6.07) is 0.807. The summed E-state index contributed by atoms with van der Waals surface area (Å²) < 4.78 is 0. The first-order valence-corrected chi connectivity index (χ1v) is 15.0. The number of nitrogens with zero attached hydrogens (tertiary/aromatic N) is 1. The largest absolute Gasteiger partial charge is 0.306 e. The third-order valence-corrected chi connectivity index (χ3v) is 7.17. The van der Waals surface area contributed by atoms with Gasteiger partial charge in [0.2, 0.25) is 0 Å². The van der Waals surface area contributed by atoms with E-state index in [1.54, 1.807) is 0 Å². The highest BCUT2D eigenvalue weighted by atomic mass is 15.1. The third-order valence-electron chi connectivity index (χ3n) is 7.17. The Kier molecular flexibility index (Phi) is 26.7. The molecule has 0 radical (unpaired) electrons. The summed E-state index contributed by atoms with van der Waals surface area (Å²) in [6.07, 6.45) is 38.9. The molecule has 1 atom stereocenters. The fourth-order valence-electron chi connectivity index (χ4n) is 4.80. The molecule has 0 saturated heterocycles. The fourth-order valence-corrected chi connectivity index (χ4v) is 4.80. The predicted octanol–water partition coefficient (Wildman–Crippen LogP) is 10.9. The number of allylic oxidation sites excluding steroid dienone is 2. The maximum Gasteiger partial charge on any atom is 0.00891 e. The molecule has 0 fully saturated rings. The van der Waals surface area contributed by atoms with Gasteiger partial charge in [0.15, 0.2) is 0 Å². The molecule has 0 spiro atoms. The van der Waals surface area contributed by atoms with Crippen LogP contribution in [0.3, 0.4) is 0 Å². The zero-order chi connectivity index (χ0) is 23.5. The molecule has 32 heavy (non-hydrogen) atoms. The van der Waals surface area contributed by atoms with Crippen LogP contribution in [0.15, 0.2) is 12.2 Å². The number of unbranched alkanes of at least 4 members (excludes halogenated alkanes) is 19. The SMILES string of the molecule is CCCCCCCCCCC/C=C/CCCCCCC(CCCCCCCCC)N(C)C. The minimum absolute atomic E-state index is 0.807. The Morgan fingerprint density at radius 3 is 1.09 bits per heavy atom. The van der Waals surface area contributed by atoms with Gasteiger partial charge in [-0.25, -0.2) is 0 Å². The Hall–Kier alpha value is -0.300. The van der Waals surface area contributed by atoms with Crippen molar-refractivity contribution in [2.24, 2.45) is 0 Å². The van der Waals surface area contributed by atoms with E-state index in [0.717, 1.165) is 6.04 Å². The summed E-state index contributed by atoms with van der Waals surface area (Å²) in [5.74, 6) is 0. The van der Waals surface area contributed by atoms with E-state index in [0.29, 0.717) is 0 Å². The summed E-state index contributed by atoms with van der Waals surface area (Å²) in [5, 5.41) is 0. The van der Waals surface area contributed by atoms with Crippen LogP contribution >= 0.6 is 0 Å². The van der Waals surface area contributed by atoms with Crippen molar-refractivity contribution in [3.63, 3.8) is 0 Å². The second-order valence-electron chi connectivity index (χ2n) is 10.6. The lowest BCUT2D eigenvalue weighted by Gasteiger charge is -2.24. The van der Waals surface area contributed by atoms with Crippen LogP contribution in [-0.2, 0) is 0 Å². The fraction of sp³-hybridized carbons (Fsp3) is 0.935.